The summed E-state index contributed by atoms with van der Waals surface area (Å²) in [6.07, 6.45) is 13.6. The number of benzene rings is 1. The predicted molar refractivity (Wildman–Crippen MR) is 107 cm³/mol. The van der Waals surface area contributed by atoms with Crippen molar-refractivity contribution in [3.8, 4) is 11.5 Å². The number of aromatic nitrogens is 2. The number of aromatic amines is 2. The highest BCUT2D eigenvalue weighted by molar-refractivity contribution is 5.73. The van der Waals surface area contributed by atoms with Crippen LogP contribution in [0.2, 0.25) is 0 Å². The summed E-state index contributed by atoms with van der Waals surface area (Å²) < 4.78 is 12.4. The van der Waals surface area contributed by atoms with E-state index in [9.17, 15) is 0 Å². The summed E-state index contributed by atoms with van der Waals surface area (Å²) in [6.45, 7) is 0. The van der Waals surface area contributed by atoms with Crippen molar-refractivity contribution in [2.45, 2.75) is 49.4 Å². The average molecular weight is 372 g/mol. The third-order valence-electron chi connectivity index (χ3n) is 7.97. The first kappa shape index (κ1) is 15.3. The van der Waals surface area contributed by atoms with Gasteiger partial charge in [-0.15, -0.1) is 0 Å². The third-order valence-corrected chi connectivity index (χ3v) is 7.97. The van der Waals surface area contributed by atoms with Crippen LogP contribution in [0.15, 0.2) is 24.8 Å². The molecular weight excluding hydrogens is 348 g/mol. The molecule has 2 heterocycles. The van der Waals surface area contributed by atoms with E-state index >= 15 is 0 Å². The molecule has 28 heavy (non-hydrogen) atoms. The van der Waals surface area contributed by atoms with Crippen LogP contribution in [0.3, 0.4) is 0 Å². The highest BCUT2D eigenvalue weighted by Gasteiger charge is 2.49. The van der Waals surface area contributed by atoms with E-state index in [0.29, 0.717) is 23.7 Å². The van der Waals surface area contributed by atoms with Crippen LogP contribution in [0.1, 0.15) is 93.9 Å². The Bertz CT molecular complexity index is 970. The second kappa shape index (κ2) is 5.05. The van der Waals surface area contributed by atoms with Crippen molar-refractivity contribution >= 4 is 0 Å². The van der Waals surface area contributed by atoms with Crippen molar-refractivity contribution in [3.63, 3.8) is 0 Å². The first-order valence-corrected chi connectivity index (χ1v) is 10.5. The Labute approximate surface area is 164 Å². The maximum atomic E-state index is 6.22. The van der Waals surface area contributed by atoms with Crippen LogP contribution in [0.25, 0.3) is 0 Å². The molecule has 0 saturated carbocycles. The Morgan fingerprint density at radius 3 is 1.11 bits per heavy atom. The number of hydrogen-bond acceptors (Lipinski definition) is 2. The molecule has 3 aromatic rings. The maximum absolute atomic E-state index is 6.22. The summed E-state index contributed by atoms with van der Waals surface area (Å²) in [5, 5.41) is 0. The first-order valence-electron chi connectivity index (χ1n) is 10.5. The van der Waals surface area contributed by atoms with E-state index in [0.717, 1.165) is 11.5 Å². The monoisotopic (exact) mass is 372 g/mol. The van der Waals surface area contributed by atoms with Crippen LogP contribution in [0.5, 0.6) is 11.5 Å². The molecule has 0 spiro atoms. The topological polar surface area (TPSA) is 50.0 Å². The number of ether oxygens (including phenoxy) is 2. The molecule has 1 aromatic carbocycles. The van der Waals surface area contributed by atoms with Crippen molar-refractivity contribution in [1.29, 1.82) is 0 Å². The lowest BCUT2D eigenvalue weighted by atomic mass is 9.58. The van der Waals surface area contributed by atoms with E-state index in [4.69, 9.17) is 9.47 Å². The smallest absolute Gasteiger partial charge is 0.127 e. The number of nitrogens with one attached hydrogen (secondary N) is 2. The minimum atomic E-state index is 0.418. The molecule has 6 aliphatic carbocycles. The lowest BCUT2D eigenvalue weighted by molar-refractivity contribution is 0.351. The van der Waals surface area contributed by atoms with Crippen LogP contribution in [-0.2, 0) is 0 Å². The SMILES string of the molecule is COc1c2c(c(OC)c3c1[C@@H]1CC[C@H]3c3c[nH]cc31)[C@H]1CC[C@@H]2c2c[nH]cc21. The Morgan fingerprint density at radius 2 is 0.857 bits per heavy atom. The zero-order chi connectivity index (χ0) is 18.6. The summed E-state index contributed by atoms with van der Waals surface area (Å²) in [6, 6.07) is 0. The highest BCUT2D eigenvalue weighted by atomic mass is 16.5. The van der Waals surface area contributed by atoms with Gasteiger partial charge in [-0.1, -0.05) is 0 Å². The molecule has 0 amide bonds. The molecule has 6 aliphatic rings. The van der Waals surface area contributed by atoms with Crippen molar-refractivity contribution in [2.75, 3.05) is 14.2 Å². The second-order valence-electron chi connectivity index (χ2n) is 8.82. The van der Waals surface area contributed by atoms with Gasteiger partial charge in [-0.25, -0.2) is 0 Å². The molecule has 4 atom stereocenters. The molecule has 4 heteroatoms. The highest BCUT2D eigenvalue weighted by Crippen LogP contribution is 2.65. The molecular formula is C24H24N2O2. The van der Waals surface area contributed by atoms with Gasteiger partial charge in [0.2, 0.25) is 0 Å². The van der Waals surface area contributed by atoms with Gasteiger partial charge in [-0.2, -0.15) is 0 Å². The molecule has 4 nitrogen and oxygen atoms in total. The fourth-order valence-corrected chi connectivity index (χ4v) is 7.07. The Kier molecular flexibility index (Phi) is 2.76. The normalized spacial score (nSPS) is 27.8. The first-order chi connectivity index (χ1) is 13.8. The lowest BCUT2D eigenvalue weighted by Crippen LogP contribution is -2.30. The van der Waals surface area contributed by atoms with E-state index < -0.39 is 0 Å². The third kappa shape index (κ3) is 1.53. The van der Waals surface area contributed by atoms with E-state index in [1.54, 1.807) is 0 Å². The molecule has 9 rings (SSSR count). The number of hydrogen-bond donors (Lipinski definition) is 2. The summed E-state index contributed by atoms with van der Waals surface area (Å²) in [5.41, 5.74) is 11.5. The van der Waals surface area contributed by atoms with Gasteiger partial charge in [0.05, 0.1) is 14.2 Å². The van der Waals surface area contributed by atoms with Gasteiger partial charge >= 0.3 is 0 Å². The Morgan fingerprint density at radius 1 is 0.571 bits per heavy atom. The number of methoxy groups -OCH3 is 2. The van der Waals surface area contributed by atoms with Gasteiger partial charge in [-0.3, -0.25) is 0 Å². The van der Waals surface area contributed by atoms with E-state index in [2.05, 4.69) is 34.8 Å². The summed E-state index contributed by atoms with van der Waals surface area (Å²) in [5.74, 6) is 3.97. The summed E-state index contributed by atoms with van der Waals surface area (Å²) in [7, 11) is 3.73. The fraction of sp³-hybridized carbons (Fsp3) is 0.417. The zero-order valence-corrected chi connectivity index (χ0v) is 16.3. The van der Waals surface area contributed by atoms with E-state index in [1.165, 1.54) is 70.2 Å². The van der Waals surface area contributed by atoms with Crippen LogP contribution in [-0.4, -0.2) is 24.2 Å². The van der Waals surface area contributed by atoms with Gasteiger partial charge in [0.15, 0.2) is 0 Å². The van der Waals surface area contributed by atoms with Crippen molar-refractivity contribution in [1.82, 2.24) is 9.97 Å². The van der Waals surface area contributed by atoms with Crippen LogP contribution in [0.4, 0.5) is 0 Å². The largest absolute Gasteiger partial charge is 0.496 e. The standard InChI is InChI=1S/C24H24N2O2/c1-27-23-19-11-3-5-13(17-9-25-7-15(11)17)21(19)24(28-2)22-14-6-4-12(20(22)23)16-8-26-10-18(14)16/h7-14,25-26H,3-6H2,1-2H3/t11-,12-,13+,14+. The summed E-state index contributed by atoms with van der Waals surface area (Å²) in [4.78, 5) is 6.75. The quantitative estimate of drug-likeness (QED) is 0.657. The second-order valence-corrected chi connectivity index (χ2v) is 8.82. The number of rotatable bonds is 2. The molecule has 0 radical (unpaired) electrons. The van der Waals surface area contributed by atoms with Gasteiger partial charge in [-0.05, 0) is 47.9 Å². The Balaban J connectivity index is 1.61. The fourth-order valence-electron chi connectivity index (χ4n) is 7.07. The predicted octanol–water partition coefficient (Wildman–Crippen LogP) is 5.10. The van der Waals surface area contributed by atoms with Crippen molar-refractivity contribution < 1.29 is 9.47 Å². The lowest BCUT2D eigenvalue weighted by Gasteiger charge is -2.46. The van der Waals surface area contributed by atoms with Crippen LogP contribution >= 0.6 is 0 Å². The maximum Gasteiger partial charge on any atom is 0.127 e. The van der Waals surface area contributed by atoms with Gasteiger partial charge in [0.1, 0.15) is 11.5 Å². The van der Waals surface area contributed by atoms with Crippen LogP contribution in [0, 0.1) is 0 Å². The molecule has 0 saturated heterocycles. The zero-order valence-electron chi connectivity index (χ0n) is 16.3. The molecule has 0 unspecified atom stereocenters. The average Bonchev–Trinajstić information content (AvgIpc) is 3.43. The van der Waals surface area contributed by atoms with Gasteiger partial charge in [0, 0.05) is 70.7 Å². The van der Waals surface area contributed by atoms with E-state index in [-0.39, 0.29) is 0 Å². The molecule has 4 bridgehead atoms. The van der Waals surface area contributed by atoms with Gasteiger partial charge in [0.25, 0.3) is 0 Å². The number of H-pyrrole nitrogens is 2. The minimum Gasteiger partial charge on any atom is -0.496 e. The molecule has 2 aromatic heterocycles. The van der Waals surface area contributed by atoms with Crippen LogP contribution < -0.4 is 9.47 Å². The molecule has 142 valence electrons. The van der Waals surface area contributed by atoms with Gasteiger partial charge < -0.3 is 19.4 Å². The molecule has 2 N–H and O–H groups in total. The van der Waals surface area contributed by atoms with E-state index in [1.807, 2.05) is 14.2 Å². The molecule has 0 fully saturated rings. The Hall–Kier alpha value is -2.62. The number of fused-ring (bicyclic) bond motifs is 2. The minimum absolute atomic E-state index is 0.418. The molecule has 0 aliphatic heterocycles. The van der Waals surface area contributed by atoms with Crippen molar-refractivity contribution in [3.05, 3.63) is 69.3 Å². The summed E-state index contributed by atoms with van der Waals surface area (Å²) >= 11 is 0. The van der Waals surface area contributed by atoms with Crippen molar-refractivity contribution in [2.24, 2.45) is 0 Å².